The molecule has 0 aliphatic heterocycles. The summed E-state index contributed by atoms with van der Waals surface area (Å²) in [6.45, 7) is 1.77. The van der Waals surface area contributed by atoms with Crippen molar-refractivity contribution in [3.63, 3.8) is 0 Å². The maximum Gasteiger partial charge on any atom is 0.244 e. The molecule has 128 valence electrons. The molecule has 1 N–H and O–H groups in total. The van der Waals surface area contributed by atoms with Crippen LogP contribution in [0.25, 0.3) is 11.4 Å². The Morgan fingerprint density at radius 3 is 2.84 bits per heavy atom. The Morgan fingerprint density at radius 2 is 2.08 bits per heavy atom. The molecule has 0 bridgehead atoms. The molecule has 3 rings (SSSR count). The lowest BCUT2D eigenvalue weighted by atomic mass is 10.1. The van der Waals surface area contributed by atoms with E-state index in [0.717, 1.165) is 5.56 Å². The van der Waals surface area contributed by atoms with E-state index in [-0.39, 0.29) is 30.1 Å². The van der Waals surface area contributed by atoms with E-state index in [2.05, 4.69) is 20.7 Å². The Morgan fingerprint density at radius 1 is 1.28 bits per heavy atom. The first-order valence-electron chi connectivity index (χ1n) is 7.60. The van der Waals surface area contributed by atoms with E-state index in [1.165, 1.54) is 16.9 Å². The molecule has 6 nitrogen and oxygen atoms in total. The van der Waals surface area contributed by atoms with Crippen LogP contribution < -0.4 is 5.32 Å². The lowest BCUT2D eigenvalue weighted by Gasteiger charge is -2.14. The summed E-state index contributed by atoms with van der Waals surface area (Å²) < 4.78 is 13.2. The predicted molar refractivity (Wildman–Crippen MR) is 91.2 cm³/mol. The van der Waals surface area contributed by atoms with Gasteiger partial charge in [0.2, 0.25) is 11.7 Å². The number of carbonyl (C=O) groups is 1. The van der Waals surface area contributed by atoms with Crippen molar-refractivity contribution in [1.29, 1.82) is 0 Å². The first kappa shape index (κ1) is 17.0. The van der Waals surface area contributed by atoms with Crippen LogP contribution in [-0.2, 0) is 11.3 Å². The van der Waals surface area contributed by atoms with Gasteiger partial charge in [-0.3, -0.25) is 4.79 Å². The summed E-state index contributed by atoms with van der Waals surface area (Å²) in [6.07, 6.45) is 0. The lowest BCUT2D eigenvalue weighted by molar-refractivity contribution is -0.122. The summed E-state index contributed by atoms with van der Waals surface area (Å²) in [7, 11) is 0. The van der Waals surface area contributed by atoms with E-state index in [1.807, 2.05) is 19.1 Å². The van der Waals surface area contributed by atoms with E-state index < -0.39 is 0 Å². The van der Waals surface area contributed by atoms with E-state index in [9.17, 15) is 9.18 Å². The van der Waals surface area contributed by atoms with Crippen molar-refractivity contribution in [2.75, 3.05) is 0 Å². The van der Waals surface area contributed by atoms with E-state index in [1.54, 1.807) is 24.3 Å². The second kappa shape index (κ2) is 7.40. The molecule has 25 heavy (non-hydrogen) atoms. The molecule has 0 unspecified atom stereocenters. The summed E-state index contributed by atoms with van der Waals surface area (Å²) in [5, 5.41) is 15.2. The van der Waals surface area contributed by atoms with Crippen LogP contribution in [0.5, 0.6) is 0 Å². The first-order chi connectivity index (χ1) is 12.0. The molecule has 1 atom stereocenters. The summed E-state index contributed by atoms with van der Waals surface area (Å²) in [4.78, 5) is 13.3. The monoisotopic (exact) mass is 359 g/mol. The second-order valence-electron chi connectivity index (χ2n) is 5.50. The lowest BCUT2D eigenvalue weighted by Crippen LogP contribution is -2.30. The first-order valence-corrected chi connectivity index (χ1v) is 7.97. The second-order valence-corrected chi connectivity index (χ2v) is 5.93. The van der Waals surface area contributed by atoms with Gasteiger partial charge in [0.25, 0.3) is 0 Å². The van der Waals surface area contributed by atoms with Crippen LogP contribution in [0, 0.1) is 5.82 Å². The van der Waals surface area contributed by atoms with Crippen molar-refractivity contribution in [1.82, 2.24) is 25.5 Å². The molecule has 1 aromatic heterocycles. The quantitative estimate of drug-likeness (QED) is 0.760. The normalized spacial score (nSPS) is 12.0. The largest absolute Gasteiger partial charge is 0.348 e. The van der Waals surface area contributed by atoms with Crippen molar-refractivity contribution >= 4 is 17.5 Å². The maximum atomic E-state index is 13.2. The number of rotatable bonds is 5. The maximum absolute atomic E-state index is 13.2. The Kier molecular flexibility index (Phi) is 5.04. The van der Waals surface area contributed by atoms with E-state index in [4.69, 9.17) is 11.6 Å². The van der Waals surface area contributed by atoms with Gasteiger partial charge in [0.15, 0.2) is 0 Å². The van der Waals surface area contributed by atoms with Gasteiger partial charge in [-0.05, 0) is 42.0 Å². The van der Waals surface area contributed by atoms with Crippen molar-refractivity contribution in [2.45, 2.75) is 19.5 Å². The van der Waals surface area contributed by atoms with Gasteiger partial charge in [-0.1, -0.05) is 35.9 Å². The highest BCUT2D eigenvalue weighted by Gasteiger charge is 2.13. The fourth-order valence-corrected chi connectivity index (χ4v) is 2.53. The Balaban J connectivity index is 1.64. The third kappa shape index (κ3) is 4.39. The molecular formula is C17H15ClFN5O. The number of tetrazole rings is 1. The number of benzene rings is 2. The standard InChI is InChI=1S/C17H15ClFN5O/c1-11(12-4-2-6-14(18)8-12)20-16(25)10-24-22-17(21-23-24)13-5-3-7-15(19)9-13/h2-9,11H,10H2,1H3,(H,20,25)/t11-/m0/s1. The molecule has 0 aliphatic carbocycles. The number of hydrogen-bond donors (Lipinski definition) is 1. The summed E-state index contributed by atoms with van der Waals surface area (Å²) in [5.74, 6) is -0.396. The Bertz CT molecular complexity index is 898. The minimum absolute atomic E-state index is 0.0901. The van der Waals surface area contributed by atoms with Crippen LogP contribution in [0.4, 0.5) is 4.39 Å². The molecular weight excluding hydrogens is 345 g/mol. The molecule has 0 saturated carbocycles. The average Bonchev–Trinajstić information content (AvgIpc) is 3.03. The van der Waals surface area contributed by atoms with Gasteiger partial charge in [0, 0.05) is 10.6 Å². The molecule has 0 fully saturated rings. The highest BCUT2D eigenvalue weighted by atomic mass is 35.5. The number of halogens is 2. The topological polar surface area (TPSA) is 72.7 Å². The summed E-state index contributed by atoms with van der Waals surface area (Å²) in [5.41, 5.74) is 1.40. The minimum atomic E-state index is -0.387. The van der Waals surface area contributed by atoms with Crippen LogP contribution in [0.2, 0.25) is 5.02 Å². The molecule has 0 saturated heterocycles. The molecule has 0 aliphatic rings. The number of nitrogens with zero attached hydrogens (tertiary/aromatic N) is 4. The molecule has 0 radical (unpaired) electrons. The van der Waals surface area contributed by atoms with Crippen LogP contribution >= 0.6 is 11.6 Å². The molecule has 8 heteroatoms. The molecule has 2 aromatic carbocycles. The smallest absolute Gasteiger partial charge is 0.244 e. The zero-order valence-electron chi connectivity index (χ0n) is 13.4. The van der Waals surface area contributed by atoms with Gasteiger partial charge in [-0.25, -0.2) is 4.39 Å². The van der Waals surface area contributed by atoms with Crippen molar-refractivity contribution in [3.05, 3.63) is 64.9 Å². The average molecular weight is 360 g/mol. The highest BCUT2D eigenvalue weighted by Crippen LogP contribution is 2.17. The SMILES string of the molecule is C[C@H](NC(=O)Cn1nnc(-c2cccc(F)c2)n1)c1cccc(Cl)c1. The molecule has 0 spiro atoms. The van der Waals surface area contributed by atoms with E-state index >= 15 is 0 Å². The number of aromatic nitrogens is 4. The number of hydrogen-bond acceptors (Lipinski definition) is 4. The molecule has 1 amide bonds. The van der Waals surface area contributed by atoms with Crippen LogP contribution in [0.1, 0.15) is 18.5 Å². The number of nitrogens with one attached hydrogen (secondary N) is 1. The Hall–Kier alpha value is -2.80. The van der Waals surface area contributed by atoms with Crippen molar-refractivity contribution < 1.29 is 9.18 Å². The molecule has 1 heterocycles. The van der Waals surface area contributed by atoms with Gasteiger partial charge in [-0.15, -0.1) is 10.2 Å². The third-order valence-electron chi connectivity index (χ3n) is 3.55. The molecule has 3 aromatic rings. The number of amides is 1. The Labute approximate surface area is 148 Å². The van der Waals surface area contributed by atoms with Crippen LogP contribution in [-0.4, -0.2) is 26.1 Å². The number of carbonyl (C=O) groups excluding carboxylic acids is 1. The highest BCUT2D eigenvalue weighted by molar-refractivity contribution is 6.30. The predicted octanol–water partition coefficient (Wildman–Crippen LogP) is 3.01. The van der Waals surface area contributed by atoms with Crippen LogP contribution in [0.3, 0.4) is 0 Å². The third-order valence-corrected chi connectivity index (χ3v) is 3.78. The van der Waals surface area contributed by atoms with Gasteiger partial charge >= 0.3 is 0 Å². The van der Waals surface area contributed by atoms with Crippen molar-refractivity contribution in [3.8, 4) is 11.4 Å². The van der Waals surface area contributed by atoms with E-state index in [0.29, 0.717) is 10.6 Å². The zero-order valence-corrected chi connectivity index (χ0v) is 14.1. The van der Waals surface area contributed by atoms with Crippen LogP contribution in [0.15, 0.2) is 48.5 Å². The summed E-state index contributed by atoms with van der Waals surface area (Å²) >= 11 is 5.96. The fraction of sp³-hybridized carbons (Fsp3) is 0.176. The van der Waals surface area contributed by atoms with Crippen molar-refractivity contribution in [2.24, 2.45) is 0 Å². The van der Waals surface area contributed by atoms with Gasteiger partial charge < -0.3 is 5.32 Å². The van der Waals surface area contributed by atoms with Gasteiger partial charge in [0.1, 0.15) is 12.4 Å². The van der Waals surface area contributed by atoms with Gasteiger partial charge in [-0.2, -0.15) is 4.80 Å². The van der Waals surface area contributed by atoms with Gasteiger partial charge in [0.05, 0.1) is 6.04 Å². The zero-order chi connectivity index (χ0) is 17.8. The summed E-state index contributed by atoms with van der Waals surface area (Å²) in [6, 6.07) is 12.9. The minimum Gasteiger partial charge on any atom is -0.348 e. The fourth-order valence-electron chi connectivity index (χ4n) is 2.33.